The number of carbonyl (C=O) groups is 3. The summed E-state index contributed by atoms with van der Waals surface area (Å²) in [6, 6.07) is 5.16. The van der Waals surface area contributed by atoms with Crippen LogP contribution < -0.4 is 20.1 Å². The summed E-state index contributed by atoms with van der Waals surface area (Å²) in [6.45, 7) is 5.17. The Morgan fingerprint density at radius 3 is 2.74 bits per heavy atom. The molecule has 0 aliphatic carbocycles. The van der Waals surface area contributed by atoms with Crippen molar-refractivity contribution in [1.82, 2.24) is 15.6 Å². The van der Waals surface area contributed by atoms with Gasteiger partial charge in [-0.25, -0.2) is 4.98 Å². The predicted molar refractivity (Wildman–Crippen MR) is 112 cm³/mol. The van der Waals surface area contributed by atoms with E-state index in [0.29, 0.717) is 29.4 Å². The van der Waals surface area contributed by atoms with Crippen molar-refractivity contribution in [2.45, 2.75) is 45.8 Å². The van der Waals surface area contributed by atoms with Crippen LogP contribution in [0.4, 0.5) is 0 Å². The highest BCUT2D eigenvalue weighted by molar-refractivity contribution is 6.09. The minimum Gasteiger partial charge on any atom is -0.490 e. The first kappa shape index (κ1) is 22.0. The number of ether oxygens (including phenoxy) is 2. The Morgan fingerprint density at radius 2 is 2.13 bits per heavy atom. The van der Waals surface area contributed by atoms with Crippen LogP contribution in [0.25, 0.3) is 10.8 Å². The second kappa shape index (κ2) is 9.43. The van der Waals surface area contributed by atoms with Crippen molar-refractivity contribution in [3.8, 4) is 17.7 Å². The van der Waals surface area contributed by atoms with Gasteiger partial charge in [0.25, 0.3) is 5.91 Å². The van der Waals surface area contributed by atoms with Gasteiger partial charge < -0.3 is 20.1 Å². The van der Waals surface area contributed by atoms with Gasteiger partial charge in [-0.1, -0.05) is 0 Å². The molecule has 31 heavy (non-hydrogen) atoms. The van der Waals surface area contributed by atoms with Crippen molar-refractivity contribution in [2.24, 2.45) is 0 Å². The Morgan fingerprint density at radius 1 is 1.35 bits per heavy atom. The molecule has 2 amide bonds. The number of fused-ring (bicyclic) bond motifs is 1. The van der Waals surface area contributed by atoms with Crippen LogP contribution in [0.2, 0.25) is 0 Å². The molecule has 1 aliphatic heterocycles. The largest absolute Gasteiger partial charge is 0.490 e. The van der Waals surface area contributed by atoms with E-state index in [0.717, 1.165) is 0 Å². The fourth-order valence-corrected chi connectivity index (χ4v) is 3.26. The van der Waals surface area contributed by atoms with Crippen LogP contribution in [-0.4, -0.2) is 47.9 Å². The number of Topliss-reactive ketones (excluding diaryl/α,β-unsaturated/α-hetero) is 1. The van der Waals surface area contributed by atoms with E-state index in [-0.39, 0.29) is 54.0 Å². The molecule has 162 valence electrons. The second-order valence-corrected chi connectivity index (χ2v) is 7.65. The molecule has 2 aromatic rings. The Kier molecular flexibility index (Phi) is 6.70. The van der Waals surface area contributed by atoms with E-state index in [1.54, 1.807) is 12.1 Å². The highest BCUT2D eigenvalue weighted by Gasteiger charge is 2.23. The SMILES string of the molecule is CC(=O)CNC(=O)c1cnc(OCC2CCC(=O)N2)c2cc(OC(C)C)c(C#N)cc12. The van der Waals surface area contributed by atoms with E-state index in [1.807, 2.05) is 13.8 Å². The number of nitrogens with one attached hydrogen (secondary N) is 2. The van der Waals surface area contributed by atoms with Crippen LogP contribution >= 0.6 is 0 Å². The van der Waals surface area contributed by atoms with Gasteiger partial charge >= 0.3 is 0 Å². The number of rotatable bonds is 8. The van der Waals surface area contributed by atoms with Crippen LogP contribution in [0, 0.1) is 11.3 Å². The van der Waals surface area contributed by atoms with E-state index in [4.69, 9.17) is 9.47 Å². The molecule has 0 radical (unpaired) electrons. The number of aromatic nitrogens is 1. The number of carbonyl (C=O) groups excluding carboxylic acids is 3. The smallest absolute Gasteiger partial charge is 0.253 e. The van der Waals surface area contributed by atoms with Gasteiger partial charge in [0.15, 0.2) is 0 Å². The Balaban J connectivity index is 2.03. The lowest BCUT2D eigenvalue weighted by molar-refractivity contribution is -0.119. The lowest BCUT2D eigenvalue weighted by atomic mass is 10.0. The molecule has 0 bridgehead atoms. The fraction of sp³-hybridized carbons (Fsp3) is 0.409. The van der Waals surface area contributed by atoms with E-state index >= 15 is 0 Å². The monoisotopic (exact) mass is 424 g/mol. The molecule has 1 aromatic carbocycles. The van der Waals surface area contributed by atoms with Gasteiger partial charge in [-0.3, -0.25) is 14.4 Å². The molecule has 0 saturated carbocycles. The van der Waals surface area contributed by atoms with Crippen molar-refractivity contribution in [3.05, 3.63) is 29.5 Å². The topological polar surface area (TPSA) is 130 Å². The number of hydrogen-bond acceptors (Lipinski definition) is 7. The third-order valence-corrected chi connectivity index (χ3v) is 4.68. The van der Waals surface area contributed by atoms with Crippen molar-refractivity contribution in [3.63, 3.8) is 0 Å². The number of ketones is 1. The molecule has 1 fully saturated rings. The maximum absolute atomic E-state index is 12.6. The molecule has 1 aliphatic rings. The molecule has 9 nitrogen and oxygen atoms in total. The molecule has 9 heteroatoms. The standard InChI is InChI=1S/C22H24N4O5/c1-12(2)31-19-7-17-16(6-14(19)8-23)18(21(29)24-9-13(3)27)10-25-22(17)30-11-15-4-5-20(28)26-15/h6-7,10,12,15H,4-5,9,11H2,1-3H3,(H,24,29)(H,26,28). The zero-order valence-electron chi connectivity index (χ0n) is 17.7. The Bertz CT molecular complexity index is 1070. The molecule has 1 aromatic heterocycles. The zero-order valence-corrected chi connectivity index (χ0v) is 17.7. The van der Waals surface area contributed by atoms with Crippen LogP contribution in [0.1, 0.15) is 49.5 Å². The lowest BCUT2D eigenvalue weighted by Crippen LogP contribution is -2.31. The third kappa shape index (κ3) is 5.28. The maximum Gasteiger partial charge on any atom is 0.253 e. The fourth-order valence-electron chi connectivity index (χ4n) is 3.26. The maximum atomic E-state index is 12.6. The van der Waals surface area contributed by atoms with Gasteiger partial charge in [0.2, 0.25) is 11.8 Å². The van der Waals surface area contributed by atoms with Crippen molar-refractivity contribution >= 4 is 28.4 Å². The Hall–Kier alpha value is -3.67. The van der Waals surface area contributed by atoms with E-state index in [2.05, 4.69) is 21.7 Å². The van der Waals surface area contributed by atoms with Crippen LogP contribution in [0.5, 0.6) is 11.6 Å². The molecule has 2 heterocycles. The highest BCUT2D eigenvalue weighted by atomic mass is 16.5. The van der Waals surface area contributed by atoms with Crippen LogP contribution in [0.3, 0.4) is 0 Å². The number of nitriles is 1. The molecule has 0 spiro atoms. The normalized spacial score (nSPS) is 15.5. The molecule has 2 N–H and O–H groups in total. The summed E-state index contributed by atoms with van der Waals surface area (Å²) in [5.41, 5.74) is 0.479. The van der Waals surface area contributed by atoms with Gasteiger partial charge in [0.05, 0.1) is 29.8 Å². The summed E-state index contributed by atoms with van der Waals surface area (Å²) >= 11 is 0. The predicted octanol–water partition coefficient (Wildman–Crippen LogP) is 1.87. The number of hydrogen-bond donors (Lipinski definition) is 2. The van der Waals surface area contributed by atoms with Gasteiger partial charge in [-0.15, -0.1) is 0 Å². The van der Waals surface area contributed by atoms with Gasteiger partial charge in [0.1, 0.15) is 24.2 Å². The van der Waals surface area contributed by atoms with E-state index in [9.17, 15) is 19.6 Å². The van der Waals surface area contributed by atoms with Crippen molar-refractivity contribution in [2.75, 3.05) is 13.2 Å². The van der Waals surface area contributed by atoms with Crippen LogP contribution in [0.15, 0.2) is 18.3 Å². The average molecular weight is 424 g/mol. The number of nitrogens with zero attached hydrogens (tertiary/aromatic N) is 2. The first-order valence-corrected chi connectivity index (χ1v) is 10.0. The molecular formula is C22H24N4O5. The third-order valence-electron chi connectivity index (χ3n) is 4.68. The minimum atomic E-state index is -0.483. The quantitative estimate of drug-likeness (QED) is 0.661. The summed E-state index contributed by atoms with van der Waals surface area (Å²) < 4.78 is 11.6. The summed E-state index contributed by atoms with van der Waals surface area (Å²) in [7, 11) is 0. The number of amides is 2. The van der Waals surface area contributed by atoms with Gasteiger partial charge in [-0.05, 0) is 39.3 Å². The summed E-state index contributed by atoms with van der Waals surface area (Å²) in [4.78, 5) is 39.6. The van der Waals surface area contributed by atoms with Crippen molar-refractivity contribution < 1.29 is 23.9 Å². The van der Waals surface area contributed by atoms with Gasteiger partial charge in [0, 0.05) is 23.4 Å². The van der Waals surface area contributed by atoms with Crippen molar-refractivity contribution in [1.29, 1.82) is 5.26 Å². The van der Waals surface area contributed by atoms with Gasteiger partial charge in [-0.2, -0.15) is 5.26 Å². The number of benzene rings is 1. The summed E-state index contributed by atoms with van der Waals surface area (Å²) in [6.07, 6.45) is 2.31. The zero-order chi connectivity index (χ0) is 22.5. The second-order valence-electron chi connectivity index (χ2n) is 7.65. The molecule has 3 rings (SSSR count). The lowest BCUT2D eigenvalue weighted by Gasteiger charge is -2.17. The molecule has 1 unspecified atom stereocenters. The average Bonchev–Trinajstić information content (AvgIpc) is 3.14. The first-order valence-electron chi connectivity index (χ1n) is 10.0. The van der Waals surface area contributed by atoms with E-state index in [1.165, 1.54) is 13.1 Å². The Labute approximate surface area is 179 Å². The van der Waals surface area contributed by atoms with Crippen LogP contribution in [-0.2, 0) is 9.59 Å². The molecule has 1 atom stereocenters. The minimum absolute atomic E-state index is 0.0183. The molecule has 1 saturated heterocycles. The molecular weight excluding hydrogens is 400 g/mol. The highest BCUT2D eigenvalue weighted by Crippen LogP contribution is 2.33. The number of pyridine rings is 1. The first-order chi connectivity index (χ1) is 14.8. The summed E-state index contributed by atoms with van der Waals surface area (Å²) in [5.74, 6) is -0.0714. The van der Waals surface area contributed by atoms with E-state index < -0.39 is 5.91 Å². The summed E-state index contributed by atoms with van der Waals surface area (Å²) in [5, 5.41) is 15.9.